The first-order valence-electron chi connectivity index (χ1n) is 4.48. The lowest BCUT2D eigenvalue weighted by atomic mass is 10.1. The molecular formula is C11H9NO2S. The molecule has 1 aromatic carbocycles. The maximum atomic E-state index is 11.3. The van der Waals surface area contributed by atoms with Crippen LogP contribution in [-0.4, -0.2) is 10.9 Å². The second-order valence-corrected chi connectivity index (χ2v) is 3.97. The van der Waals surface area contributed by atoms with E-state index in [-0.39, 0.29) is 4.87 Å². The quantitative estimate of drug-likeness (QED) is 0.738. The molecule has 15 heavy (non-hydrogen) atoms. The van der Waals surface area contributed by atoms with E-state index in [1.807, 2.05) is 18.2 Å². The highest BCUT2D eigenvalue weighted by atomic mass is 32.1. The first kappa shape index (κ1) is 9.86. The van der Waals surface area contributed by atoms with Gasteiger partial charge in [0.2, 0.25) is 0 Å². The monoisotopic (exact) mass is 219 g/mol. The van der Waals surface area contributed by atoms with Crippen LogP contribution in [0.3, 0.4) is 0 Å². The zero-order chi connectivity index (χ0) is 10.7. The van der Waals surface area contributed by atoms with Crippen LogP contribution in [0.15, 0.2) is 40.6 Å². The molecule has 76 valence electrons. The van der Waals surface area contributed by atoms with E-state index in [9.17, 15) is 9.59 Å². The van der Waals surface area contributed by atoms with Crippen molar-refractivity contribution in [2.75, 3.05) is 0 Å². The Labute approximate surface area is 90.6 Å². The number of carbonyl (C=O) groups is 1. The summed E-state index contributed by atoms with van der Waals surface area (Å²) in [5, 5.41) is 1.74. The largest absolute Gasteiger partial charge is 0.307 e. The minimum absolute atomic E-state index is 0.00398. The number of rotatable bonds is 3. The van der Waals surface area contributed by atoms with Crippen LogP contribution in [0.25, 0.3) is 0 Å². The van der Waals surface area contributed by atoms with E-state index in [4.69, 9.17) is 0 Å². The highest BCUT2D eigenvalue weighted by molar-refractivity contribution is 7.07. The smallest absolute Gasteiger partial charge is 0.302 e. The van der Waals surface area contributed by atoms with E-state index in [1.54, 1.807) is 22.2 Å². The molecule has 0 amide bonds. The van der Waals surface area contributed by atoms with E-state index in [0.717, 1.165) is 23.2 Å². The SMILES string of the molecule is O=Cc1ccccc1Cn1ccsc1=O. The predicted molar refractivity (Wildman–Crippen MR) is 59.5 cm³/mol. The zero-order valence-electron chi connectivity index (χ0n) is 7.92. The third-order valence-electron chi connectivity index (χ3n) is 2.17. The number of aldehydes is 1. The van der Waals surface area contributed by atoms with Gasteiger partial charge in [0.1, 0.15) is 6.29 Å². The summed E-state index contributed by atoms with van der Waals surface area (Å²) in [6.07, 6.45) is 2.54. The lowest BCUT2D eigenvalue weighted by molar-refractivity contribution is 0.112. The molecule has 0 saturated carbocycles. The summed E-state index contributed by atoms with van der Waals surface area (Å²) in [5.74, 6) is 0. The normalized spacial score (nSPS) is 10.1. The molecule has 0 atom stereocenters. The molecule has 0 fully saturated rings. The minimum Gasteiger partial charge on any atom is -0.302 e. The highest BCUT2D eigenvalue weighted by Gasteiger charge is 2.02. The molecule has 0 unspecified atom stereocenters. The molecule has 0 aliphatic carbocycles. The van der Waals surface area contributed by atoms with Gasteiger partial charge in [0, 0.05) is 17.1 Å². The molecule has 0 spiro atoms. The van der Waals surface area contributed by atoms with Crippen molar-refractivity contribution < 1.29 is 4.79 Å². The summed E-state index contributed by atoms with van der Waals surface area (Å²) < 4.78 is 1.59. The Morgan fingerprint density at radius 2 is 2.13 bits per heavy atom. The third-order valence-corrected chi connectivity index (χ3v) is 2.86. The van der Waals surface area contributed by atoms with Gasteiger partial charge in [-0.25, -0.2) is 0 Å². The predicted octanol–water partition coefficient (Wildman–Crippen LogP) is 1.77. The van der Waals surface area contributed by atoms with Crippen molar-refractivity contribution in [3.05, 3.63) is 56.6 Å². The van der Waals surface area contributed by atoms with Gasteiger partial charge in [-0.15, -0.1) is 0 Å². The zero-order valence-corrected chi connectivity index (χ0v) is 8.74. The maximum Gasteiger partial charge on any atom is 0.307 e. The average Bonchev–Trinajstić information content (AvgIpc) is 2.65. The van der Waals surface area contributed by atoms with Gasteiger partial charge in [-0.2, -0.15) is 0 Å². The van der Waals surface area contributed by atoms with Gasteiger partial charge in [0.05, 0.1) is 6.54 Å². The van der Waals surface area contributed by atoms with Crippen molar-refractivity contribution in [2.45, 2.75) is 6.54 Å². The van der Waals surface area contributed by atoms with Gasteiger partial charge < -0.3 is 4.57 Å². The summed E-state index contributed by atoms with van der Waals surface area (Å²) in [4.78, 5) is 22.1. The summed E-state index contributed by atoms with van der Waals surface area (Å²) >= 11 is 1.16. The standard InChI is InChI=1S/C11H9NO2S/c13-8-10-4-2-1-3-9(10)7-12-5-6-15-11(12)14/h1-6,8H,7H2. The van der Waals surface area contributed by atoms with Crippen molar-refractivity contribution >= 4 is 17.6 Å². The van der Waals surface area contributed by atoms with Crippen molar-refractivity contribution in [3.63, 3.8) is 0 Å². The molecular weight excluding hydrogens is 210 g/mol. The summed E-state index contributed by atoms with van der Waals surface area (Å²) in [7, 11) is 0. The molecule has 0 aliphatic rings. The number of hydrogen-bond acceptors (Lipinski definition) is 3. The van der Waals surface area contributed by atoms with Gasteiger partial charge in [-0.05, 0) is 5.56 Å². The lowest BCUT2D eigenvalue weighted by Gasteiger charge is -2.04. The third kappa shape index (κ3) is 2.05. The summed E-state index contributed by atoms with van der Waals surface area (Å²) in [5.41, 5.74) is 1.50. The molecule has 0 bridgehead atoms. The number of thiazole rings is 1. The number of nitrogens with zero attached hydrogens (tertiary/aromatic N) is 1. The van der Waals surface area contributed by atoms with Gasteiger partial charge in [-0.1, -0.05) is 35.6 Å². The topological polar surface area (TPSA) is 39.1 Å². The van der Waals surface area contributed by atoms with Crippen molar-refractivity contribution in [1.29, 1.82) is 0 Å². The molecule has 2 rings (SSSR count). The molecule has 0 radical (unpaired) electrons. The van der Waals surface area contributed by atoms with E-state index < -0.39 is 0 Å². The summed E-state index contributed by atoms with van der Waals surface area (Å²) in [6, 6.07) is 7.27. The highest BCUT2D eigenvalue weighted by Crippen LogP contribution is 2.07. The second-order valence-electron chi connectivity index (χ2n) is 3.11. The average molecular weight is 219 g/mol. The lowest BCUT2D eigenvalue weighted by Crippen LogP contribution is -2.13. The van der Waals surface area contributed by atoms with Gasteiger partial charge in [-0.3, -0.25) is 9.59 Å². The Morgan fingerprint density at radius 3 is 2.80 bits per heavy atom. The van der Waals surface area contributed by atoms with Crippen LogP contribution < -0.4 is 4.87 Å². The molecule has 2 aromatic rings. The molecule has 1 aromatic heterocycles. The Bertz CT molecular complexity index is 527. The molecule has 0 saturated heterocycles. The van der Waals surface area contributed by atoms with E-state index in [1.165, 1.54) is 0 Å². The Kier molecular flexibility index (Phi) is 2.78. The number of aromatic nitrogens is 1. The molecule has 1 heterocycles. The Balaban J connectivity index is 2.36. The van der Waals surface area contributed by atoms with Crippen molar-refractivity contribution in [3.8, 4) is 0 Å². The molecule has 4 heteroatoms. The van der Waals surface area contributed by atoms with Crippen molar-refractivity contribution in [1.82, 2.24) is 4.57 Å². The number of carbonyl (C=O) groups excluding carboxylic acids is 1. The first-order chi connectivity index (χ1) is 7.31. The van der Waals surface area contributed by atoms with E-state index in [2.05, 4.69) is 0 Å². The van der Waals surface area contributed by atoms with Gasteiger partial charge in [0.25, 0.3) is 0 Å². The molecule has 0 N–H and O–H groups in total. The fourth-order valence-electron chi connectivity index (χ4n) is 1.38. The Morgan fingerprint density at radius 1 is 1.33 bits per heavy atom. The van der Waals surface area contributed by atoms with Crippen LogP contribution in [0, 0.1) is 0 Å². The minimum atomic E-state index is -0.00398. The molecule has 3 nitrogen and oxygen atoms in total. The summed E-state index contributed by atoms with van der Waals surface area (Å²) in [6.45, 7) is 0.456. The van der Waals surface area contributed by atoms with Crippen LogP contribution in [0.1, 0.15) is 15.9 Å². The maximum absolute atomic E-state index is 11.3. The fraction of sp³-hybridized carbons (Fsp3) is 0.0909. The van der Waals surface area contributed by atoms with Crippen LogP contribution >= 0.6 is 11.3 Å². The van der Waals surface area contributed by atoms with Crippen LogP contribution in [0.2, 0.25) is 0 Å². The number of benzene rings is 1. The van der Waals surface area contributed by atoms with Crippen LogP contribution in [0.5, 0.6) is 0 Å². The van der Waals surface area contributed by atoms with E-state index in [0.29, 0.717) is 12.1 Å². The van der Waals surface area contributed by atoms with E-state index >= 15 is 0 Å². The molecule has 0 aliphatic heterocycles. The van der Waals surface area contributed by atoms with Gasteiger partial charge in [0.15, 0.2) is 0 Å². The fourth-order valence-corrected chi connectivity index (χ4v) is 1.97. The van der Waals surface area contributed by atoms with Crippen LogP contribution in [0.4, 0.5) is 0 Å². The number of hydrogen-bond donors (Lipinski definition) is 0. The Hall–Kier alpha value is -1.68. The second kappa shape index (κ2) is 4.23. The first-order valence-corrected chi connectivity index (χ1v) is 5.36. The van der Waals surface area contributed by atoms with Crippen molar-refractivity contribution in [2.24, 2.45) is 0 Å². The van der Waals surface area contributed by atoms with Crippen LogP contribution in [-0.2, 0) is 6.54 Å². The van der Waals surface area contributed by atoms with Gasteiger partial charge >= 0.3 is 4.87 Å².